The van der Waals surface area contributed by atoms with E-state index in [0.717, 1.165) is 0 Å². The molecule has 17 heavy (non-hydrogen) atoms. The summed E-state index contributed by atoms with van der Waals surface area (Å²) in [4.78, 5) is 26.3. The summed E-state index contributed by atoms with van der Waals surface area (Å²) in [5.41, 5.74) is 4.89. The maximum atomic E-state index is 11.9. The third kappa shape index (κ3) is 3.41. The van der Waals surface area contributed by atoms with Gasteiger partial charge in [0.2, 0.25) is 5.91 Å². The van der Waals surface area contributed by atoms with Gasteiger partial charge in [0.25, 0.3) is 0 Å². The molecular weight excluding hydrogens is 222 g/mol. The van der Waals surface area contributed by atoms with E-state index in [1.807, 2.05) is 4.90 Å². The number of nitrogens with two attached hydrogens (primary N) is 1. The number of carbonyl (C=O) groups is 2. The Morgan fingerprint density at radius 2 is 1.71 bits per heavy atom. The summed E-state index contributed by atoms with van der Waals surface area (Å²) >= 11 is 0. The van der Waals surface area contributed by atoms with Crippen molar-refractivity contribution >= 4 is 11.9 Å². The first kappa shape index (κ1) is 13.9. The molecular formula is C11H21N3O3. The Hall–Kier alpha value is -1.14. The van der Waals surface area contributed by atoms with Crippen molar-refractivity contribution in [1.29, 1.82) is 0 Å². The Kier molecular flexibility index (Phi) is 4.11. The van der Waals surface area contributed by atoms with Crippen molar-refractivity contribution in [3.8, 4) is 0 Å². The lowest BCUT2D eigenvalue weighted by Gasteiger charge is -2.38. The van der Waals surface area contributed by atoms with Crippen molar-refractivity contribution in [3.05, 3.63) is 0 Å². The number of piperazine rings is 1. The van der Waals surface area contributed by atoms with Gasteiger partial charge in [-0.1, -0.05) is 0 Å². The molecule has 98 valence electrons. The molecule has 0 saturated carbocycles. The molecule has 0 aromatic rings. The second-order valence-corrected chi connectivity index (χ2v) is 5.06. The van der Waals surface area contributed by atoms with Gasteiger partial charge in [-0.2, -0.15) is 0 Å². The third-order valence-electron chi connectivity index (χ3n) is 3.06. The highest BCUT2D eigenvalue weighted by Gasteiger charge is 2.32. The van der Waals surface area contributed by atoms with Crippen LogP contribution in [0.25, 0.3) is 0 Å². The summed E-state index contributed by atoms with van der Waals surface area (Å²) in [6, 6.07) is -0.502. The molecule has 1 saturated heterocycles. The molecule has 1 aliphatic rings. The minimum Gasteiger partial charge on any atom is -0.480 e. The predicted octanol–water partition coefficient (Wildman–Crippen LogP) is -0.659. The average molecular weight is 243 g/mol. The smallest absolute Gasteiger partial charge is 0.320 e. The average Bonchev–Trinajstić information content (AvgIpc) is 2.26. The zero-order valence-electron chi connectivity index (χ0n) is 10.6. The first-order chi connectivity index (χ1) is 7.73. The topological polar surface area (TPSA) is 86.9 Å². The predicted molar refractivity (Wildman–Crippen MR) is 63.5 cm³/mol. The lowest BCUT2D eigenvalue weighted by Crippen LogP contribution is -2.58. The van der Waals surface area contributed by atoms with Crippen LogP contribution in [0, 0.1) is 0 Å². The SMILES string of the molecule is CC(C(=O)O)N1CCN(C(=O)C(C)(C)N)CC1. The Morgan fingerprint density at radius 1 is 1.24 bits per heavy atom. The summed E-state index contributed by atoms with van der Waals surface area (Å²) in [7, 11) is 0. The number of hydrogen-bond donors (Lipinski definition) is 2. The number of aliphatic carboxylic acids is 1. The fourth-order valence-electron chi connectivity index (χ4n) is 1.88. The zero-order chi connectivity index (χ0) is 13.2. The van der Waals surface area contributed by atoms with Crippen LogP contribution in [0.2, 0.25) is 0 Å². The minimum absolute atomic E-state index is 0.0832. The zero-order valence-corrected chi connectivity index (χ0v) is 10.6. The quantitative estimate of drug-likeness (QED) is 0.687. The maximum Gasteiger partial charge on any atom is 0.320 e. The fraction of sp³-hybridized carbons (Fsp3) is 0.818. The van der Waals surface area contributed by atoms with Crippen LogP contribution in [-0.2, 0) is 9.59 Å². The van der Waals surface area contributed by atoms with Gasteiger partial charge in [-0.3, -0.25) is 14.5 Å². The first-order valence-electron chi connectivity index (χ1n) is 5.78. The van der Waals surface area contributed by atoms with E-state index in [9.17, 15) is 9.59 Å². The maximum absolute atomic E-state index is 11.9. The van der Waals surface area contributed by atoms with Gasteiger partial charge >= 0.3 is 5.97 Å². The molecule has 1 amide bonds. The van der Waals surface area contributed by atoms with E-state index in [-0.39, 0.29) is 5.91 Å². The van der Waals surface area contributed by atoms with Crippen LogP contribution in [0.5, 0.6) is 0 Å². The van der Waals surface area contributed by atoms with Gasteiger partial charge in [0.05, 0.1) is 5.54 Å². The standard InChI is InChI=1S/C11H21N3O3/c1-8(9(15)16)13-4-6-14(7-5-13)10(17)11(2,3)12/h8H,4-7,12H2,1-3H3,(H,15,16). The molecule has 0 spiro atoms. The number of amides is 1. The van der Waals surface area contributed by atoms with Crippen molar-refractivity contribution < 1.29 is 14.7 Å². The highest BCUT2D eigenvalue weighted by Crippen LogP contribution is 2.10. The Labute approximate surface area is 101 Å². The molecule has 3 N–H and O–H groups in total. The van der Waals surface area contributed by atoms with E-state index in [1.54, 1.807) is 25.7 Å². The van der Waals surface area contributed by atoms with E-state index in [0.29, 0.717) is 26.2 Å². The van der Waals surface area contributed by atoms with Crippen molar-refractivity contribution in [3.63, 3.8) is 0 Å². The molecule has 6 nitrogen and oxygen atoms in total. The van der Waals surface area contributed by atoms with Crippen LogP contribution in [-0.4, -0.2) is 64.5 Å². The first-order valence-corrected chi connectivity index (χ1v) is 5.78. The Morgan fingerprint density at radius 3 is 2.06 bits per heavy atom. The van der Waals surface area contributed by atoms with Crippen LogP contribution in [0.3, 0.4) is 0 Å². The minimum atomic E-state index is -0.861. The van der Waals surface area contributed by atoms with Crippen LogP contribution >= 0.6 is 0 Å². The molecule has 0 bridgehead atoms. The van der Waals surface area contributed by atoms with E-state index >= 15 is 0 Å². The molecule has 1 unspecified atom stereocenters. The van der Waals surface area contributed by atoms with Crippen LogP contribution in [0.15, 0.2) is 0 Å². The second-order valence-electron chi connectivity index (χ2n) is 5.06. The molecule has 1 heterocycles. The fourth-order valence-corrected chi connectivity index (χ4v) is 1.88. The third-order valence-corrected chi connectivity index (χ3v) is 3.06. The molecule has 1 atom stereocenters. The van der Waals surface area contributed by atoms with E-state index in [1.165, 1.54) is 0 Å². The summed E-state index contributed by atoms with van der Waals surface area (Å²) < 4.78 is 0. The van der Waals surface area contributed by atoms with Gasteiger partial charge < -0.3 is 15.7 Å². The van der Waals surface area contributed by atoms with Crippen molar-refractivity contribution in [2.75, 3.05) is 26.2 Å². The Balaban J connectivity index is 2.52. The van der Waals surface area contributed by atoms with Gasteiger partial charge in [-0.05, 0) is 20.8 Å². The summed E-state index contributed by atoms with van der Waals surface area (Å²) in [6.45, 7) is 7.26. The molecule has 0 radical (unpaired) electrons. The van der Waals surface area contributed by atoms with Crippen LogP contribution in [0.4, 0.5) is 0 Å². The summed E-state index contributed by atoms with van der Waals surface area (Å²) in [5, 5.41) is 8.90. The number of carbonyl (C=O) groups excluding carboxylic acids is 1. The van der Waals surface area contributed by atoms with Gasteiger partial charge in [0.1, 0.15) is 6.04 Å². The van der Waals surface area contributed by atoms with Crippen molar-refractivity contribution in [2.24, 2.45) is 5.73 Å². The van der Waals surface area contributed by atoms with Gasteiger partial charge in [0.15, 0.2) is 0 Å². The number of hydrogen-bond acceptors (Lipinski definition) is 4. The Bertz CT molecular complexity index is 304. The molecule has 1 aliphatic heterocycles. The van der Waals surface area contributed by atoms with E-state index in [2.05, 4.69) is 0 Å². The summed E-state index contributed by atoms with van der Waals surface area (Å²) in [5.74, 6) is -0.913. The second kappa shape index (κ2) is 5.01. The van der Waals surface area contributed by atoms with Gasteiger partial charge in [-0.25, -0.2) is 0 Å². The largest absolute Gasteiger partial charge is 0.480 e. The van der Waals surface area contributed by atoms with Gasteiger partial charge in [0, 0.05) is 26.2 Å². The number of carboxylic acid groups (broad SMARTS) is 1. The molecule has 6 heteroatoms. The number of carboxylic acids is 1. The molecule has 1 rings (SSSR count). The number of rotatable bonds is 3. The van der Waals surface area contributed by atoms with Crippen LogP contribution in [0.1, 0.15) is 20.8 Å². The molecule has 0 aromatic heterocycles. The van der Waals surface area contributed by atoms with E-state index < -0.39 is 17.6 Å². The molecule has 0 aromatic carbocycles. The normalized spacial score (nSPS) is 20.1. The van der Waals surface area contributed by atoms with Crippen molar-refractivity contribution in [2.45, 2.75) is 32.4 Å². The number of nitrogens with zero attached hydrogens (tertiary/aromatic N) is 2. The lowest BCUT2D eigenvalue weighted by molar-refractivity contribution is -0.144. The highest BCUT2D eigenvalue weighted by molar-refractivity contribution is 5.85. The van der Waals surface area contributed by atoms with Crippen molar-refractivity contribution in [1.82, 2.24) is 9.80 Å². The molecule has 1 fully saturated rings. The van der Waals surface area contributed by atoms with E-state index in [4.69, 9.17) is 10.8 Å². The van der Waals surface area contributed by atoms with Gasteiger partial charge in [-0.15, -0.1) is 0 Å². The monoisotopic (exact) mass is 243 g/mol. The highest BCUT2D eigenvalue weighted by atomic mass is 16.4. The lowest BCUT2D eigenvalue weighted by atomic mass is 10.0. The van der Waals surface area contributed by atoms with Crippen LogP contribution < -0.4 is 5.73 Å². The summed E-state index contributed by atoms with van der Waals surface area (Å²) in [6.07, 6.45) is 0. The molecule has 0 aliphatic carbocycles.